The van der Waals surface area contributed by atoms with Crippen LogP contribution < -0.4 is 5.32 Å². The van der Waals surface area contributed by atoms with Gasteiger partial charge < -0.3 is 20.1 Å². The summed E-state index contributed by atoms with van der Waals surface area (Å²) in [6.45, 7) is 5.68. The summed E-state index contributed by atoms with van der Waals surface area (Å²) in [5.74, 6) is -1.79. The Balaban J connectivity index is 2.71. The number of carboxylic acids is 1. The topological polar surface area (TPSA) is 95.9 Å². The van der Waals surface area contributed by atoms with E-state index in [0.29, 0.717) is 6.54 Å². The van der Waals surface area contributed by atoms with Gasteiger partial charge in [0.25, 0.3) is 0 Å². The first-order chi connectivity index (χ1) is 9.25. The first kappa shape index (κ1) is 16.3. The van der Waals surface area contributed by atoms with Crippen molar-refractivity contribution in [1.29, 1.82) is 0 Å². The van der Waals surface area contributed by atoms with E-state index in [0.717, 1.165) is 0 Å². The van der Waals surface area contributed by atoms with Crippen molar-refractivity contribution in [3.8, 4) is 0 Å². The van der Waals surface area contributed by atoms with Gasteiger partial charge in [-0.15, -0.1) is 0 Å². The van der Waals surface area contributed by atoms with E-state index in [1.165, 1.54) is 18.9 Å². The van der Waals surface area contributed by atoms with Crippen molar-refractivity contribution in [2.45, 2.75) is 32.7 Å². The van der Waals surface area contributed by atoms with E-state index in [4.69, 9.17) is 9.84 Å². The van der Waals surface area contributed by atoms with Crippen LogP contribution in [0.5, 0.6) is 0 Å². The molecule has 1 aliphatic heterocycles. The molecular weight excluding hydrogens is 264 g/mol. The molecule has 2 N–H and O–H groups in total. The maximum absolute atomic E-state index is 12.1. The summed E-state index contributed by atoms with van der Waals surface area (Å²) in [5, 5.41) is 11.7. The first-order valence-electron chi connectivity index (χ1n) is 6.63. The van der Waals surface area contributed by atoms with Crippen molar-refractivity contribution in [3.63, 3.8) is 0 Å². The van der Waals surface area contributed by atoms with Gasteiger partial charge in [-0.3, -0.25) is 4.79 Å². The van der Waals surface area contributed by atoms with E-state index in [2.05, 4.69) is 5.32 Å². The highest BCUT2D eigenvalue weighted by molar-refractivity contribution is 5.86. The van der Waals surface area contributed by atoms with Gasteiger partial charge in [0.2, 0.25) is 0 Å². The molecule has 1 saturated heterocycles. The number of carboxylic acid groups (broad SMARTS) is 1. The Bertz CT molecular complexity index is 412. The maximum Gasteiger partial charge on any atom is 0.329 e. The predicted molar refractivity (Wildman–Crippen MR) is 71.1 cm³/mol. The zero-order chi connectivity index (χ0) is 15.5. The minimum absolute atomic E-state index is 0.00842. The summed E-state index contributed by atoms with van der Waals surface area (Å²) in [5.41, 5.74) is -1.30. The number of rotatable bonds is 4. The zero-order valence-electron chi connectivity index (χ0n) is 12.3. The third-order valence-electron chi connectivity index (χ3n) is 3.97. The van der Waals surface area contributed by atoms with Crippen LogP contribution in [0.2, 0.25) is 0 Å². The summed E-state index contributed by atoms with van der Waals surface area (Å²) in [4.78, 5) is 36.3. The highest BCUT2D eigenvalue weighted by Crippen LogP contribution is 2.24. The zero-order valence-corrected chi connectivity index (χ0v) is 12.3. The van der Waals surface area contributed by atoms with Gasteiger partial charge in [0.15, 0.2) is 0 Å². The molecule has 0 saturated carbocycles. The molecule has 0 aromatic heterocycles. The Hall–Kier alpha value is -1.79. The number of methoxy groups -OCH3 is 1. The number of likely N-dealkylation sites (tertiary alicyclic amines) is 1. The normalized spacial score (nSPS) is 24.9. The lowest BCUT2D eigenvalue weighted by molar-refractivity contribution is -0.146. The minimum atomic E-state index is -1.30. The van der Waals surface area contributed by atoms with E-state index >= 15 is 0 Å². The van der Waals surface area contributed by atoms with Crippen LogP contribution in [-0.4, -0.2) is 53.7 Å². The highest BCUT2D eigenvalue weighted by atomic mass is 16.5. The van der Waals surface area contributed by atoms with Crippen LogP contribution in [0.4, 0.5) is 4.79 Å². The second-order valence-corrected chi connectivity index (χ2v) is 5.43. The monoisotopic (exact) mass is 286 g/mol. The third kappa shape index (κ3) is 3.20. The van der Waals surface area contributed by atoms with Gasteiger partial charge in [0, 0.05) is 13.1 Å². The second-order valence-electron chi connectivity index (χ2n) is 5.43. The molecule has 3 unspecified atom stereocenters. The molecule has 0 aliphatic carbocycles. The van der Waals surface area contributed by atoms with Gasteiger partial charge in [0.05, 0.1) is 13.0 Å². The number of hydrogen-bond acceptors (Lipinski definition) is 4. The molecule has 7 heteroatoms. The van der Waals surface area contributed by atoms with Gasteiger partial charge in [-0.05, 0) is 19.3 Å². The molecule has 114 valence electrons. The van der Waals surface area contributed by atoms with Crippen LogP contribution in [0.1, 0.15) is 27.2 Å². The fourth-order valence-corrected chi connectivity index (χ4v) is 2.20. The molecule has 0 radical (unpaired) electrons. The van der Waals surface area contributed by atoms with Crippen LogP contribution in [0.25, 0.3) is 0 Å². The molecule has 3 atom stereocenters. The van der Waals surface area contributed by atoms with Crippen molar-refractivity contribution < 1.29 is 24.2 Å². The average Bonchev–Trinajstić information content (AvgIpc) is 2.79. The second kappa shape index (κ2) is 6.11. The molecule has 0 aromatic carbocycles. The number of carbonyl (C=O) groups excluding carboxylic acids is 2. The van der Waals surface area contributed by atoms with Crippen LogP contribution >= 0.6 is 0 Å². The SMILES string of the molecule is CCC(C)(NC(=O)N1CC(C)C(C(=O)OC)C1)C(=O)O. The quantitative estimate of drug-likeness (QED) is 0.741. The Morgan fingerprint density at radius 2 is 2.00 bits per heavy atom. The number of aliphatic carboxylic acids is 1. The minimum Gasteiger partial charge on any atom is -0.480 e. The number of nitrogens with zero attached hydrogens (tertiary/aromatic N) is 1. The van der Waals surface area contributed by atoms with Crippen molar-refractivity contribution >= 4 is 18.0 Å². The lowest BCUT2D eigenvalue weighted by Gasteiger charge is -2.28. The van der Waals surface area contributed by atoms with E-state index in [9.17, 15) is 14.4 Å². The molecule has 1 heterocycles. The fourth-order valence-electron chi connectivity index (χ4n) is 2.20. The number of nitrogens with one attached hydrogen (secondary N) is 1. The van der Waals surface area contributed by atoms with Crippen LogP contribution in [0.3, 0.4) is 0 Å². The van der Waals surface area contributed by atoms with Crippen molar-refractivity contribution in [3.05, 3.63) is 0 Å². The highest BCUT2D eigenvalue weighted by Gasteiger charge is 2.40. The molecule has 2 amide bonds. The standard InChI is InChI=1S/C13H22N2O5/c1-5-13(3,11(17)18)14-12(19)15-6-8(2)9(7-15)10(16)20-4/h8-9H,5-7H2,1-4H3,(H,14,19)(H,17,18). The van der Waals surface area contributed by atoms with Crippen LogP contribution in [0, 0.1) is 11.8 Å². The summed E-state index contributed by atoms with van der Waals surface area (Å²) in [6, 6.07) is -0.463. The Morgan fingerprint density at radius 1 is 1.40 bits per heavy atom. The van der Waals surface area contributed by atoms with E-state index in [1.54, 1.807) is 6.92 Å². The smallest absolute Gasteiger partial charge is 0.329 e. The predicted octanol–water partition coefficient (Wildman–Crippen LogP) is 0.690. The molecule has 7 nitrogen and oxygen atoms in total. The lowest BCUT2D eigenvalue weighted by atomic mass is 9.99. The number of hydrogen-bond donors (Lipinski definition) is 2. The number of ether oxygens (including phenoxy) is 1. The lowest BCUT2D eigenvalue weighted by Crippen LogP contribution is -2.55. The first-order valence-corrected chi connectivity index (χ1v) is 6.63. The number of carbonyl (C=O) groups is 3. The van der Waals surface area contributed by atoms with Crippen LogP contribution in [-0.2, 0) is 14.3 Å². The summed E-state index contributed by atoms with van der Waals surface area (Å²) < 4.78 is 4.70. The molecule has 20 heavy (non-hydrogen) atoms. The average molecular weight is 286 g/mol. The molecule has 0 bridgehead atoms. The van der Waals surface area contributed by atoms with E-state index in [1.807, 2.05) is 6.92 Å². The largest absolute Gasteiger partial charge is 0.480 e. The Kier molecular flexibility index (Phi) is 4.97. The number of esters is 1. The summed E-state index contributed by atoms with van der Waals surface area (Å²) in [7, 11) is 1.32. The summed E-state index contributed by atoms with van der Waals surface area (Å²) in [6.07, 6.45) is 0.276. The van der Waals surface area contributed by atoms with Gasteiger partial charge in [0.1, 0.15) is 5.54 Å². The van der Waals surface area contributed by atoms with Gasteiger partial charge in [-0.2, -0.15) is 0 Å². The Morgan fingerprint density at radius 3 is 2.45 bits per heavy atom. The Labute approximate surface area is 118 Å². The van der Waals surface area contributed by atoms with Crippen molar-refractivity contribution in [2.75, 3.05) is 20.2 Å². The summed E-state index contributed by atoms with van der Waals surface area (Å²) >= 11 is 0. The molecule has 0 spiro atoms. The molecule has 1 rings (SSSR count). The number of urea groups is 1. The van der Waals surface area contributed by atoms with Gasteiger partial charge in [-0.25, -0.2) is 9.59 Å². The van der Waals surface area contributed by atoms with E-state index < -0.39 is 17.5 Å². The van der Waals surface area contributed by atoms with Crippen molar-refractivity contribution in [2.24, 2.45) is 11.8 Å². The molecular formula is C13H22N2O5. The van der Waals surface area contributed by atoms with Crippen LogP contribution in [0.15, 0.2) is 0 Å². The molecule has 0 aromatic rings. The number of amides is 2. The fraction of sp³-hybridized carbons (Fsp3) is 0.769. The maximum atomic E-state index is 12.1. The van der Waals surface area contributed by atoms with E-state index in [-0.39, 0.29) is 30.8 Å². The van der Waals surface area contributed by atoms with Gasteiger partial charge in [-0.1, -0.05) is 13.8 Å². The van der Waals surface area contributed by atoms with Crippen molar-refractivity contribution in [1.82, 2.24) is 10.2 Å². The molecule has 1 aliphatic rings. The molecule has 1 fully saturated rings. The third-order valence-corrected chi connectivity index (χ3v) is 3.97. The van der Waals surface area contributed by atoms with Gasteiger partial charge >= 0.3 is 18.0 Å².